The highest BCUT2D eigenvalue weighted by molar-refractivity contribution is 5.76. The molecule has 2 N–H and O–H groups in total. The van der Waals surface area contributed by atoms with Crippen LogP contribution in [-0.4, -0.2) is 40.1 Å². The Labute approximate surface area is 126 Å². The molecule has 1 aromatic rings. The van der Waals surface area contributed by atoms with Crippen LogP contribution in [0.15, 0.2) is 0 Å². The number of nitrogens with zero attached hydrogens (tertiary/aromatic N) is 2. The minimum absolute atomic E-state index is 0.219. The van der Waals surface area contributed by atoms with Crippen LogP contribution in [0.1, 0.15) is 55.5 Å². The van der Waals surface area contributed by atoms with Gasteiger partial charge in [-0.2, -0.15) is 5.10 Å². The van der Waals surface area contributed by atoms with Crippen molar-refractivity contribution in [2.75, 3.05) is 13.1 Å². The first-order valence-corrected chi connectivity index (χ1v) is 8.27. The van der Waals surface area contributed by atoms with Gasteiger partial charge in [0.15, 0.2) is 0 Å². The summed E-state index contributed by atoms with van der Waals surface area (Å²) >= 11 is 0. The summed E-state index contributed by atoms with van der Waals surface area (Å²) in [6.07, 6.45) is 7.78. The molecule has 0 saturated heterocycles. The number of hydrogen-bond donors (Lipinski definition) is 2. The normalized spacial score (nSPS) is 20.2. The van der Waals surface area contributed by atoms with Gasteiger partial charge >= 0.3 is 0 Å². The number of amides is 1. The zero-order chi connectivity index (χ0) is 14.7. The zero-order valence-electron chi connectivity index (χ0n) is 13.0. The van der Waals surface area contributed by atoms with E-state index >= 15 is 0 Å². The summed E-state index contributed by atoms with van der Waals surface area (Å²) in [4.78, 5) is 14.4. The fourth-order valence-corrected chi connectivity index (χ4v) is 3.48. The Kier molecular flexibility index (Phi) is 4.58. The smallest absolute Gasteiger partial charge is 0.221 e. The van der Waals surface area contributed by atoms with E-state index in [2.05, 4.69) is 27.3 Å². The summed E-state index contributed by atoms with van der Waals surface area (Å²) in [6.45, 7) is 4.86. The fraction of sp³-hybridized carbons (Fsp3) is 0.750. The van der Waals surface area contributed by atoms with Gasteiger partial charge in [0.05, 0.1) is 5.69 Å². The lowest BCUT2D eigenvalue weighted by atomic mass is 9.95. The summed E-state index contributed by atoms with van der Waals surface area (Å²) in [7, 11) is 0. The number of hydrogen-bond acceptors (Lipinski definition) is 3. The second kappa shape index (κ2) is 6.60. The molecule has 1 aliphatic carbocycles. The molecule has 2 aliphatic rings. The summed E-state index contributed by atoms with van der Waals surface area (Å²) < 4.78 is 0. The van der Waals surface area contributed by atoms with E-state index in [9.17, 15) is 4.79 Å². The highest BCUT2D eigenvalue weighted by Crippen LogP contribution is 2.20. The van der Waals surface area contributed by atoms with Crippen LogP contribution in [0.5, 0.6) is 0 Å². The standard InChI is InChI=1S/C16H26N4O/c1-12-14-11-20(9-7-15(14)19-18-12)10-8-16(21)17-13-5-3-2-4-6-13/h13H,2-11H2,1H3,(H,17,21)(H,18,19). The van der Waals surface area contributed by atoms with Gasteiger partial charge in [0.2, 0.25) is 5.91 Å². The van der Waals surface area contributed by atoms with Crippen LogP contribution in [0.25, 0.3) is 0 Å². The van der Waals surface area contributed by atoms with Gasteiger partial charge in [0, 0.05) is 49.8 Å². The van der Waals surface area contributed by atoms with E-state index in [0.717, 1.165) is 38.9 Å². The molecular formula is C16H26N4O. The molecule has 0 unspecified atom stereocenters. The van der Waals surface area contributed by atoms with Crippen LogP contribution in [-0.2, 0) is 17.8 Å². The molecule has 1 saturated carbocycles. The number of fused-ring (bicyclic) bond motifs is 1. The molecule has 5 heteroatoms. The largest absolute Gasteiger partial charge is 0.353 e. The third kappa shape index (κ3) is 3.64. The van der Waals surface area contributed by atoms with Crippen LogP contribution in [0.4, 0.5) is 0 Å². The minimum Gasteiger partial charge on any atom is -0.353 e. The number of carbonyl (C=O) groups excluding carboxylic acids is 1. The van der Waals surface area contributed by atoms with Crippen molar-refractivity contribution in [1.82, 2.24) is 20.4 Å². The second-order valence-corrected chi connectivity index (χ2v) is 6.45. The summed E-state index contributed by atoms with van der Waals surface area (Å²) in [6, 6.07) is 0.426. The van der Waals surface area contributed by atoms with E-state index < -0.39 is 0 Å². The second-order valence-electron chi connectivity index (χ2n) is 6.45. The average Bonchev–Trinajstić information content (AvgIpc) is 2.87. The Morgan fingerprint density at radius 1 is 1.38 bits per heavy atom. The molecule has 1 amide bonds. The Morgan fingerprint density at radius 3 is 3.00 bits per heavy atom. The predicted molar refractivity (Wildman–Crippen MR) is 81.9 cm³/mol. The molecule has 0 radical (unpaired) electrons. The van der Waals surface area contributed by atoms with Gasteiger partial charge in [-0.05, 0) is 19.8 Å². The maximum atomic E-state index is 12.1. The van der Waals surface area contributed by atoms with Crippen molar-refractivity contribution in [2.24, 2.45) is 0 Å². The Bertz CT molecular complexity index is 490. The molecular weight excluding hydrogens is 264 g/mol. The molecule has 116 valence electrons. The quantitative estimate of drug-likeness (QED) is 0.890. The van der Waals surface area contributed by atoms with E-state index in [0.29, 0.717) is 12.5 Å². The van der Waals surface area contributed by atoms with Crippen LogP contribution in [0.2, 0.25) is 0 Å². The lowest BCUT2D eigenvalue weighted by Gasteiger charge is -2.27. The molecule has 1 fully saturated rings. The van der Waals surface area contributed by atoms with Gasteiger partial charge in [0.25, 0.3) is 0 Å². The number of carbonyl (C=O) groups is 1. The van der Waals surface area contributed by atoms with Crippen molar-refractivity contribution in [2.45, 2.75) is 64.5 Å². The topological polar surface area (TPSA) is 61.0 Å². The number of aromatic amines is 1. The number of aromatic nitrogens is 2. The molecule has 0 bridgehead atoms. The Balaban J connectivity index is 1.43. The Hall–Kier alpha value is -1.36. The molecule has 21 heavy (non-hydrogen) atoms. The van der Waals surface area contributed by atoms with Gasteiger partial charge < -0.3 is 5.32 Å². The lowest BCUT2D eigenvalue weighted by molar-refractivity contribution is -0.122. The van der Waals surface area contributed by atoms with Crippen molar-refractivity contribution in [3.05, 3.63) is 17.0 Å². The summed E-state index contributed by atoms with van der Waals surface area (Å²) in [5, 5.41) is 10.6. The maximum Gasteiger partial charge on any atom is 0.221 e. The summed E-state index contributed by atoms with van der Waals surface area (Å²) in [5.74, 6) is 0.219. The number of aryl methyl sites for hydroxylation is 1. The van der Waals surface area contributed by atoms with Crippen molar-refractivity contribution in [3.63, 3.8) is 0 Å². The maximum absolute atomic E-state index is 12.1. The molecule has 3 rings (SSSR count). The third-order valence-electron chi connectivity index (χ3n) is 4.83. The molecule has 2 heterocycles. The predicted octanol–water partition coefficient (Wildman–Crippen LogP) is 1.92. The first-order chi connectivity index (χ1) is 10.2. The SMILES string of the molecule is Cc1[nH]nc2c1CN(CCC(=O)NC1CCCCC1)CC2. The van der Waals surface area contributed by atoms with E-state index in [1.807, 2.05) is 0 Å². The zero-order valence-corrected chi connectivity index (χ0v) is 13.0. The first kappa shape index (κ1) is 14.6. The third-order valence-corrected chi connectivity index (χ3v) is 4.83. The number of rotatable bonds is 4. The van der Waals surface area contributed by atoms with Crippen LogP contribution in [0, 0.1) is 6.92 Å². The monoisotopic (exact) mass is 290 g/mol. The van der Waals surface area contributed by atoms with Crippen molar-refractivity contribution >= 4 is 5.91 Å². The Morgan fingerprint density at radius 2 is 2.19 bits per heavy atom. The highest BCUT2D eigenvalue weighted by Gasteiger charge is 2.21. The van der Waals surface area contributed by atoms with E-state index in [1.54, 1.807) is 0 Å². The number of nitrogens with one attached hydrogen (secondary N) is 2. The first-order valence-electron chi connectivity index (χ1n) is 8.27. The van der Waals surface area contributed by atoms with Gasteiger partial charge in [-0.3, -0.25) is 14.8 Å². The van der Waals surface area contributed by atoms with Crippen LogP contribution >= 0.6 is 0 Å². The molecule has 1 aromatic heterocycles. The highest BCUT2D eigenvalue weighted by atomic mass is 16.1. The summed E-state index contributed by atoms with van der Waals surface area (Å²) in [5.41, 5.74) is 3.70. The fourth-order valence-electron chi connectivity index (χ4n) is 3.48. The van der Waals surface area contributed by atoms with Gasteiger partial charge in [-0.1, -0.05) is 19.3 Å². The van der Waals surface area contributed by atoms with E-state index in [-0.39, 0.29) is 5.91 Å². The molecule has 1 aliphatic heterocycles. The lowest BCUT2D eigenvalue weighted by Crippen LogP contribution is -2.39. The molecule has 0 atom stereocenters. The van der Waals surface area contributed by atoms with Crippen LogP contribution in [0.3, 0.4) is 0 Å². The van der Waals surface area contributed by atoms with Crippen molar-refractivity contribution in [3.8, 4) is 0 Å². The number of H-pyrrole nitrogens is 1. The van der Waals surface area contributed by atoms with Gasteiger partial charge in [-0.15, -0.1) is 0 Å². The molecule has 0 spiro atoms. The van der Waals surface area contributed by atoms with Crippen LogP contribution < -0.4 is 5.32 Å². The molecule has 0 aromatic carbocycles. The van der Waals surface area contributed by atoms with E-state index in [1.165, 1.54) is 36.2 Å². The minimum atomic E-state index is 0.219. The van der Waals surface area contributed by atoms with E-state index in [4.69, 9.17) is 0 Å². The van der Waals surface area contributed by atoms with Gasteiger partial charge in [-0.25, -0.2) is 0 Å². The van der Waals surface area contributed by atoms with Gasteiger partial charge in [0.1, 0.15) is 0 Å². The van der Waals surface area contributed by atoms with Crippen molar-refractivity contribution in [1.29, 1.82) is 0 Å². The van der Waals surface area contributed by atoms with Crippen molar-refractivity contribution < 1.29 is 4.79 Å². The molecule has 5 nitrogen and oxygen atoms in total. The average molecular weight is 290 g/mol.